The van der Waals surface area contributed by atoms with Gasteiger partial charge in [-0.15, -0.1) is 0 Å². The summed E-state index contributed by atoms with van der Waals surface area (Å²) < 4.78 is 5.36. The topological polar surface area (TPSA) is 9.23 Å². The van der Waals surface area contributed by atoms with Gasteiger partial charge in [-0.3, -0.25) is 0 Å². The second-order valence-corrected chi connectivity index (χ2v) is 4.07. The lowest BCUT2D eigenvalue weighted by atomic mass is 10.1. The molecule has 0 unspecified atom stereocenters. The molecule has 0 saturated heterocycles. The third-order valence-corrected chi connectivity index (χ3v) is 3.49. The number of methoxy groups -OCH3 is 1. The number of halogens is 1. The van der Waals surface area contributed by atoms with E-state index in [-0.39, 0.29) is 0 Å². The molecule has 2 atom stereocenters. The van der Waals surface area contributed by atoms with Crippen LogP contribution >= 0.6 is 15.9 Å². The van der Waals surface area contributed by atoms with Crippen LogP contribution in [0.4, 0.5) is 0 Å². The molecule has 0 fully saturated rings. The molecule has 0 N–H and O–H groups in total. The molecule has 1 nitrogen and oxygen atoms in total. The van der Waals surface area contributed by atoms with Crippen LogP contribution in [0.2, 0.25) is 0 Å². The van der Waals surface area contributed by atoms with E-state index in [9.17, 15) is 0 Å². The van der Waals surface area contributed by atoms with Crippen molar-refractivity contribution in [3.63, 3.8) is 0 Å². The van der Waals surface area contributed by atoms with Gasteiger partial charge >= 0.3 is 0 Å². The predicted molar refractivity (Wildman–Crippen MR) is 52.6 cm³/mol. The van der Waals surface area contributed by atoms with Crippen molar-refractivity contribution < 1.29 is 4.74 Å². The molecule has 2 heteroatoms. The molecule has 1 aliphatic rings. The van der Waals surface area contributed by atoms with Crippen LogP contribution in [0.3, 0.4) is 0 Å². The molecule has 0 spiro atoms. The van der Waals surface area contributed by atoms with Gasteiger partial charge in [0.2, 0.25) is 0 Å². The summed E-state index contributed by atoms with van der Waals surface area (Å²) in [4.78, 5) is 0.374. The van der Waals surface area contributed by atoms with Gasteiger partial charge in [-0.2, -0.15) is 0 Å². The number of benzene rings is 1. The Labute approximate surface area is 80.9 Å². The molecular weight excluding hydrogens is 216 g/mol. The molecule has 1 aromatic carbocycles. The van der Waals surface area contributed by atoms with E-state index in [4.69, 9.17) is 4.74 Å². The molecular formula is C10H11BrO. The van der Waals surface area contributed by atoms with Crippen molar-refractivity contribution in [3.8, 4) is 0 Å². The smallest absolute Gasteiger partial charge is 0.0777 e. The highest BCUT2D eigenvalue weighted by atomic mass is 79.9. The van der Waals surface area contributed by atoms with Crippen molar-refractivity contribution in [1.82, 2.24) is 0 Å². The number of hydrogen-bond acceptors (Lipinski definition) is 1. The number of fused-ring (bicyclic) bond motifs is 1. The van der Waals surface area contributed by atoms with Crippen LogP contribution in [0, 0.1) is 0 Å². The average molecular weight is 227 g/mol. The van der Waals surface area contributed by atoms with E-state index >= 15 is 0 Å². The predicted octanol–water partition coefficient (Wildman–Crippen LogP) is 2.69. The van der Waals surface area contributed by atoms with Gasteiger partial charge in [-0.1, -0.05) is 40.2 Å². The zero-order valence-electron chi connectivity index (χ0n) is 6.96. The highest BCUT2D eigenvalue weighted by Crippen LogP contribution is 2.38. The SMILES string of the molecule is CO[C@@H]1Cc2ccccc2[C@@H]1Br. The number of alkyl halides is 1. The first kappa shape index (κ1) is 8.27. The van der Waals surface area contributed by atoms with Crippen LogP contribution in [0.5, 0.6) is 0 Å². The summed E-state index contributed by atoms with van der Waals surface area (Å²) in [6, 6.07) is 8.48. The Bertz CT molecular complexity index is 285. The van der Waals surface area contributed by atoms with Gasteiger partial charge in [0.05, 0.1) is 10.9 Å². The normalized spacial score (nSPS) is 27.2. The Hall–Kier alpha value is -0.340. The Morgan fingerprint density at radius 1 is 1.42 bits per heavy atom. The highest BCUT2D eigenvalue weighted by molar-refractivity contribution is 9.09. The first-order chi connectivity index (χ1) is 5.83. The minimum Gasteiger partial charge on any atom is -0.380 e. The van der Waals surface area contributed by atoms with E-state index in [2.05, 4.69) is 40.2 Å². The van der Waals surface area contributed by atoms with Crippen molar-refractivity contribution in [2.75, 3.05) is 7.11 Å². The molecule has 0 aliphatic heterocycles. The monoisotopic (exact) mass is 226 g/mol. The minimum atomic E-state index is 0.308. The van der Waals surface area contributed by atoms with E-state index < -0.39 is 0 Å². The van der Waals surface area contributed by atoms with Gasteiger partial charge in [0.15, 0.2) is 0 Å². The summed E-state index contributed by atoms with van der Waals surface area (Å²) in [5, 5.41) is 0. The summed E-state index contributed by atoms with van der Waals surface area (Å²) in [5.41, 5.74) is 2.79. The van der Waals surface area contributed by atoms with Gasteiger partial charge in [0.1, 0.15) is 0 Å². The molecule has 2 rings (SSSR count). The molecule has 1 aromatic rings. The van der Waals surface area contributed by atoms with E-state index in [1.54, 1.807) is 7.11 Å². The molecule has 64 valence electrons. The van der Waals surface area contributed by atoms with E-state index in [1.807, 2.05) is 0 Å². The first-order valence-electron chi connectivity index (χ1n) is 4.07. The standard InChI is InChI=1S/C10H11BrO/c1-12-9-6-7-4-2-3-5-8(7)10(9)11/h2-5,9-10H,6H2,1H3/t9-,10+/m1/s1. The lowest BCUT2D eigenvalue weighted by Crippen LogP contribution is -2.11. The van der Waals surface area contributed by atoms with Gasteiger partial charge in [-0.25, -0.2) is 0 Å². The molecule has 1 aliphatic carbocycles. The lowest BCUT2D eigenvalue weighted by Gasteiger charge is -2.11. The van der Waals surface area contributed by atoms with Gasteiger partial charge in [0, 0.05) is 13.5 Å². The van der Waals surface area contributed by atoms with Crippen LogP contribution in [-0.2, 0) is 11.2 Å². The molecule has 0 aromatic heterocycles. The third kappa shape index (κ3) is 1.19. The van der Waals surface area contributed by atoms with Gasteiger partial charge in [-0.05, 0) is 11.1 Å². The van der Waals surface area contributed by atoms with Crippen molar-refractivity contribution in [2.45, 2.75) is 17.4 Å². The molecule has 0 bridgehead atoms. The molecule has 12 heavy (non-hydrogen) atoms. The van der Waals surface area contributed by atoms with Crippen molar-refractivity contribution in [2.24, 2.45) is 0 Å². The molecule has 0 heterocycles. The quantitative estimate of drug-likeness (QED) is 0.670. The second kappa shape index (κ2) is 3.19. The number of ether oxygens (including phenoxy) is 1. The third-order valence-electron chi connectivity index (χ3n) is 2.40. The fourth-order valence-electron chi connectivity index (χ4n) is 1.71. The summed E-state index contributed by atoms with van der Waals surface area (Å²) in [6.45, 7) is 0. The maximum absolute atomic E-state index is 5.36. The van der Waals surface area contributed by atoms with Crippen LogP contribution in [-0.4, -0.2) is 13.2 Å². The summed E-state index contributed by atoms with van der Waals surface area (Å²) in [7, 11) is 1.77. The molecule has 0 radical (unpaired) electrons. The summed E-state index contributed by atoms with van der Waals surface area (Å²) >= 11 is 3.64. The Kier molecular flexibility index (Phi) is 2.20. The van der Waals surface area contributed by atoms with Gasteiger partial charge < -0.3 is 4.74 Å². The van der Waals surface area contributed by atoms with Crippen molar-refractivity contribution >= 4 is 15.9 Å². The molecule has 0 amide bonds. The highest BCUT2D eigenvalue weighted by Gasteiger charge is 2.29. The van der Waals surface area contributed by atoms with E-state index in [1.165, 1.54) is 11.1 Å². The fraction of sp³-hybridized carbons (Fsp3) is 0.400. The first-order valence-corrected chi connectivity index (χ1v) is 4.99. The number of rotatable bonds is 1. The Balaban J connectivity index is 2.35. The van der Waals surface area contributed by atoms with Crippen molar-refractivity contribution in [3.05, 3.63) is 35.4 Å². The van der Waals surface area contributed by atoms with Gasteiger partial charge in [0.25, 0.3) is 0 Å². The Morgan fingerprint density at radius 3 is 2.83 bits per heavy atom. The van der Waals surface area contributed by atoms with E-state index in [0.29, 0.717) is 10.9 Å². The zero-order chi connectivity index (χ0) is 8.55. The van der Waals surface area contributed by atoms with Crippen LogP contribution < -0.4 is 0 Å². The largest absolute Gasteiger partial charge is 0.380 e. The summed E-state index contributed by atoms with van der Waals surface area (Å²) in [5.74, 6) is 0. The average Bonchev–Trinajstić information content (AvgIpc) is 2.44. The van der Waals surface area contributed by atoms with Crippen LogP contribution in [0.1, 0.15) is 16.0 Å². The lowest BCUT2D eigenvalue weighted by molar-refractivity contribution is 0.111. The second-order valence-electron chi connectivity index (χ2n) is 3.08. The zero-order valence-corrected chi connectivity index (χ0v) is 8.54. The Morgan fingerprint density at radius 2 is 2.17 bits per heavy atom. The maximum Gasteiger partial charge on any atom is 0.0777 e. The van der Waals surface area contributed by atoms with E-state index in [0.717, 1.165) is 6.42 Å². The summed E-state index contributed by atoms with van der Waals surface area (Å²) in [6.07, 6.45) is 1.34. The van der Waals surface area contributed by atoms with Crippen LogP contribution in [0.15, 0.2) is 24.3 Å². The maximum atomic E-state index is 5.36. The fourth-order valence-corrected chi connectivity index (χ4v) is 2.56. The molecule has 0 saturated carbocycles. The van der Waals surface area contributed by atoms with Crippen LogP contribution in [0.25, 0.3) is 0 Å². The van der Waals surface area contributed by atoms with Crippen molar-refractivity contribution in [1.29, 1.82) is 0 Å². The number of hydrogen-bond donors (Lipinski definition) is 0. The minimum absolute atomic E-state index is 0.308.